The summed E-state index contributed by atoms with van der Waals surface area (Å²) in [5.74, 6) is 0.0376. The van der Waals surface area contributed by atoms with Crippen molar-refractivity contribution in [3.05, 3.63) is 71.3 Å². The second-order valence-corrected chi connectivity index (χ2v) is 7.34. The molecule has 5 nitrogen and oxygen atoms in total. The van der Waals surface area contributed by atoms with Gasteiger partial charge in [-0.2, -0.15) is 5.26 Å². The van der Waals surface area contributed by atoms with Crippen molar-refractivity contribution < 1.29 is 9.53 Å². The number of nitrogens with zero attached hydrogens (tertiary/aromatic N) is 3. The second kappa shape index (κ2) is 7.15. The van der Waals surface area contributed by atoms with E-state index in [1.54, 1.807) is 0 Å². The number of carbonyl (C=O) groups is 1. The van der Waals surface area contributed by atoms with Gasteiger partial charge in [-0.15, -0.1) is 0 Å². The van der Waals surface area contributed by atoms with Crippen LogP contribution in [0.1, 0.15) is 23.1 Å². The van der Waals surface area contributed by atoms with Crippen molar-refractivity contribution in [3.8, 4) is 6.07 Å². The van der Waals surface area contributed by atoms with Crippen LogP contribution in [0.2, 0.25) is 0 Å². The topological polar surface area (TPSA) is 56.6 Å². The summed E-state index contributed by atoms with van der Waals surface area (Å²) < 4.78 is 6.05. The molecule has 0 radical (unpaired) electrons. The molecule has 0 spiro atoms. The van der Waals surface area contributed by atoms with Crippen LogP contribution < -0.4 is 0 Å². The molecule has 0 N–H and O–H groups in total. The number of hydrogen-bond acceptors (Lipinski definition) is 4. The van der Waals surface area contributed by atoms with Crippen LogP contribution in [0.15, 0.2) is 54.6 Å². The molecule has 2 aliphatic heterocycles. The van der Waals surface area contributed by atoms with E-state index in [2.05, 4.69) is 23.1 Å². The van der Waals surface area contributed by atoms with Crippen molar-refractivity contribution >= 4 is 5.91 Å². The van der Waals surface area contributed by atoms with E-state index in [1.165, 1.54) is 5.56 Å². The first-order valence-corrected chi connectivity index (χ1v) is 9.28. The van der Waals surface area contributed by atoms with Crippen LogP contribution in [-0.4, -0.2) is 48.6 Å². The zero-order chi connectivity index (χ0) is 18.9. The number of nitriles is 1. The summed E-state index contributed by atoms with van der Waals surface area (Å²) >= 11 is 0. The summed E-state index contributed by atoms with van der Waals surface area (Å²) in [6.45, 7) is 2.60. The van der Waals surface area contributed by atoms with Gasteiger partial charge in [0.25, 0.3) is 0 Å². The van der Waals surface area contributed by atoms with E-state index in [-0.39, 0.29) is 18.6 Å². The number of ether oxygens (including phenoxy) is 1. The summed E-state index contributed by atoms with van der Waals surface area (Å²) in [6, 6.07) is 20.1. The third-order valence-electron chi connectivity index (χ3n) is 5.91. The Balaban J connectivity index is 1.57. The Kier molecular flexibility index (Phi) is 4.69. The summed E-state index contributed by atoms with van der Waals surface area (Å²) in [5, 5.41) is 8.95. The molecule has 2 aliphatic rings. The number of morpholine rings is 1. The number of likely N-dealkylation sites (N-methyl/N-ethyl adjacent to an activating group) is 1. The number of carbonyl (C=O) groups excluding carboxylic acids is 1. The van der Waals surface area contributed by atoms with Crippen LogP contribution in [-0.2, 0) is 21.6 Å². The van der Waals surface area contributed by atoms with E-state index in [4.69, 9.17) is 10.00 Å². The minimum Gasteiger partial charge on any atom is -0.364 e. The number of piperidine rings is 1. The Hall–Kier alpha value is -2.68. The number of benzene rings is 2. The van der Waals surface area contributed by atoms with Crippen LogP contribution >= 0.6 is 0 Å². The maximum absolute atomic E-state index is 12.4. The number of amides is 1. The molecule has 2 atom stereocenters. The van der Waals surface area contributed by atoms with Gasteiger partial charge in [-0.05, 0) is 29.7 Å². The smallest absolute Gasteiger partial charge is 0.249 e. The molecule has 0 aliphatic carbocycles. The molecule has 0 unspecified atom stereocenters. The van der Waals surface area contributed by atoms with Crippen molar-refractivity contribution in [2.75, 3.05) is 26.7 Å². The molecule has 2 heterocycles. The van der Waals surface area contributed by atoms with Crippen LogP contribution in [0.25, 0.3) is 0 Å². The quantitative estimate of drug-likeness (QED) is 0.843. The Morgan fingerprint density at radius 1 is 1.19 bits per heavy atom. The van der Waals surface area contributed by atoms with Crippen molar-refractivity contribution in [1.82, 2.24) is 9.80 Å². The van der Waals surface area contributed by atoms with Gasteiger partial charge in [-0.25, -0.2) is 0 Å². The van der Waals surface area contributed by atoms with Gasteiger partial charge in [0, 0.05) is 26.7 Å². The molecule has 1 amide bonds. The number of rotatable bonds is 3. The molecule has 2 saturated heterocycles. The molecule has 4 rings (SSSR count). The molecular weight excluding hydrogens is 338 g/mol. The highest BCUT2D eigenvalue weighted by Crippen LogP contribution is 2.42. The molecule has 2 aromatic carbocycles. The van der Waals surface area contributed by atoms with Crippen molar-refractivity contribution in [2.45, 2.75) is 24.6 Å². The molecule has 2 aromatic rings. The molecule has 2 fully saturated rings. The first-order chi connectivity index (χ1) is 13.1. The molecule has 138 valence electrons. The lowest BCUT2D eigenvalue weighted by atomic mass is 9.76. The Morgan fingerprint density at radius 3 is 2.63 bits per heavy atom. The predicted octanol–water partition coefficient (Wildman–Crippen LogP) is 2.52. The van der Waals surface area contributed by atoms with E-state index in [0.29, 0.717) is 5.56 Å². The van der Waals surface area contributed by atoms with Gasteiger partial charge in [0.1, 0.15) is 6.61 Å². The van der Waals surface area contributed by atoms with Gasteiger partial charge in [0.2, 0.25) is 5.91 Å². The van der Waals surface area contributed by atoms with E-state index in [0.717, 1.165) is 31.6 Å². The molecule has 0 aromatic heterocycles. The molecule has 27 heavy (non-hydrogen) atoms. The van der Waals surface area contributed by atoms with Gasteiger partial charge in [0.15, 0.2) is 0 Å². The van der Waals surface area contributed by atoms with Crippen LogP contribution in [0, 0.1) is 11.3 Å². The molecule has 5 heteroatoms. The van der Waals surface area contributed by atoms with Crippen LogP contribution in [0.4, 0.5) is 0 Å². The van der Waals surface area contributed by atoms with Gasteiger partial charge >= 0.3 is 0 Å². The Morgan fingerprint density at radius 2 is 1.93 bits per heavy atom. The number of hydrogen-bond donors (Lipinski definition) is 0. The highest BCUT2D eigenvalue weighted by Gasteiger charge is 2.52. The Labute approximate surface area is 159 Å². The zero-order valence-electron chi connectivity index (χ0n) is 15.5. The lowest BCUT2D eigenvalue weighted by molar-refractivity contribution is -0.183. The lowest BCUT2D eigenvalue weighted by Crippen LogP contribution is -2.66. The molecule has 0 bridgehead atoms. The van der Waals surface area contributed by atoms with Crippen molar-refractivity contribution in [3.63, 3.8) is 0 Å². The minimum atomic E-state index is -0.405. The first-order valence-electron chi connectivity index (χ1n) is 9.28. The fourth-order valence-corrected chi connectivity index (χ4v) is 4.37. The summed E-state index contributed by atoms with van der Waals surface area (Å²) in [7, 11) is 1.90. The van der Waals surface area contributed by atoms with Gasteiger partial charge in [0.05, 0.1) is 23.3 Å². The van der Waals surface area contributed by atoms with Crippen LogP contribution in [0.3, 0.4) is 0 Å². The third kappa shape index (κ3) is 3.12. The minimum absolute atomic E-state index is 0.0376. The largest absolute Gasteiger partial charge is 0.364 e. The average Bonchev–Trinajstić information content (AvgIpc) is 2.72. The highest BCUT2D eigenvalue weighted by atomic mass is 16.5. The van der Waals surface area contributed by atoms with Gasteiger partial charge in [-0.1, -0.05) is 42.5 Å². The summed E-state index contributed by atoms with van der Waals surface area (Å²) in [5.41, 5.74) is 2.60. The fourth-order valence-electron chi connectivity index (χ4n) is 4.37. The first kappa shape index (κ1) is 17.7. The SMILES string of the molecule is CN1C(=O)CO[C@@H]2CN(Cc3ccc(C#N)cc3)CC[C@]21c1ccccc1. The fraction of sp³-hybridized carbons (Fsp3) is 0.364. The second-order valence-electron chi connectivity index (χ2n) is 7.34. The average molecular weight is 361 g/mol. The van der Waals surface area contributed by atoms with E-state index >= 15 is 0 Å². The summed E-state index contributed by atoms with van der Waals surface area (Å²) in [4.78, 5) is 16.7. The van der Waals surface area contributed by atoms with Gasteiger partial charge in [-0.3, -0.25) is 9.69 Å². The molecular formula is C22H23N3O2. The third-order valence-corrected chi connectivity index (χ3v) is 5.91. The number of likely N-dealkylation sites (tertiary alicyclic amines) is 1. The van der Waals surface area contributed by atoms with Crippen molar-refractivity contribution in [2.24, 2.45) is 0 Å². The predicted molar refractivity (Wildman–Crippen MR) is 102 cm³/mol. The molecule has 0 saturated carbocycles. The maximum atomic E-state index is 12.4. The highest BCUT2D eigenvalue weighted by molar-refractivity contribution is 5.79. The lowest BCUT2D eigenvalue weighted by Gasteiger charge is -2.55. The van der Waals surface area contributed by atoms with E-state index < -0.39 is 5.54 Å². The van der Waals surface area contributed by atoms with Crippen molar-refractivity contribution in [1.29, 1.82) is 5.26 Å². The normalized spacial score (nSPS) is 25.7. The Bertz CT molecular complexity index is 859. The standard InChI is InChI=1S/C22H23N3O2/c1-24-21(26)16-27-20-15-25(14-18-9-7-17(13-23)8-10-18)12-11-22(20,24)19-5-3-2-4-6-19/h2-10,20H,11-12,14-16H2,1H3/t20-,22+/m1/s1. The maximum Gasteiger partial charge on any atom is 0.249 e. The van der Waals surface area contributed by atoms with E-state index in [1.807, 2.05) is 54.4 Å². The van der Waals surface area contributed by atoms with Crippen LogP contribution in [0.5, 0.6) is 0 Å². The van der Waals surface area contributed by atoms with Gasteiger partial charge < -0.3 is 9.64 Å². The zero-order valence-corrected chi connectivity index (χ0v) is 15.5. The summed E-state index contributed by atoms with van der Waals surface area (Å²) in [6.07, 6.45) is 0.773. The van der Waals surface area contributed by atoms with E-state index in [9.17, 15) is 4.79 Å². The monoisotopic (exact) mass is 361 g/mol. The number of fused-ring (bicyclic) bond motifs is 1.